The molecule has 0 bridgehead atoms. The van der Waals surface area contributed by atoms with E-state index in [1.807, 2.05) is 32.0 Å². The van der Waals surface area contributed by atoms with Gasteiger partial charge in [0.15, 0.2) is 0 Å². The number of rotatable bonds is 7. The number of aryl methyl sites for hydroxylation is 2. The van der Waals surface area contributed by atoms with Gasteiger partial charge in [0.2, 0.25) is 0 Å². The van der Waals surface area contributed by atoms with Gasteiger partial charge in [-0.1, -0.05) is 18.2 Å². The smallest absolute Gasteiger partial charge is 0.277 e. The minimum Gasteiger partial charge on any atom is -0.395 e. The first kappa shape index (κ1) is 18.2. The van der Waals surface area contributed by atoms with Crippen LogP contribution < -0.4 is 0 Å². The lowest BCUT2D eigenvalue weighted by molar-refractivity contribution is -0.138. The molecular weight excluding hydrogens is 308 g/mol. The molecule has 1 aromatic carbocycles. The summed E-state index contributed by atoms with van der Waals surface area (Å²) in [5, 5.41) is 9.20. The molecule has 0 aromatic heterocycles. The van der Waals surface area contributed by atoms with Crippen molar-refractivity contribution < 1.29 is 19.4 Å². The highest BCUT2D eigenvalue weighted by molar-refractivity contribution is 6.35. The molecule has 0 aliphatic carbocycles. The van der Waals surface area contributed by atoms with Crippen molar-refractivity contribution in [1.82, 2.24) is 9.80 Å². The molecule has 0 radical (unpaired) electrons. The molecule has 0 unspecified atom stereocenters. The van der Waals surface area contributed by atoms with Gasteiger partial charge in [-0.15, -0.1) is 0 Å². The van der Waals surface area contributed by atoms with Gasteiger partial charge in [0.1, 0.15) is 5.70 Å². The molecule has 1 aliphatic rings. The number of imide groups is 1. The Morgan fingerprint density at radius 3 is 2.46 bits per heavy atom. The maximum atomic E-state index is 12.8. The summed E-state index contributed by atoms with van der Waals surface area (Å²) in [6.45, 7) is 4.65. The number of ether oxygens (including phenoxy) is 1. The number of amides is 2. The Balaban J connectivity index is 2.52. The maximum Gasteiger partial charge on any atom is 0.277 e. The zero-order valence-electron chi connectivity index (χ0n) is 14.6. The fourth-order valence-electron chi connectivity index (χ4n) is 2.72. The van der Waals surface area contributed by atoms with E-state index in [4.69, 9.17) is 4.74 Å². The lowest BCUT2D eigenvalue weighted by atomic mass is 9.99. The molecule has 0 saturated heterocycles. The molecule has 2 amide bonds. The first-order valence-electron chi connectivity index (χ1n) is 7.91. The highest BCUT2D eigenvalue weighted by atomic mass is 16.5. The Morgan fingerprint density at radius 2 is 1.88 bits per heavy atom. The number of aliphatic hydroxyl groups excluding tert-OH is 1. The van der Waals surface area contributed by atoms with Crippen LogP contribution >= 0.6 is 0 Å². The number of hydrogen-bond donors (Lipinski definition) is 1. The summed E-state index contributed by atoms with van der Waals surface area (Å²) in [5.41, 5.74) is 3.61. The molecule has 0 fully saturated rings. The van der Waals surface area contributed by atoms with Gasteiger partial charge in [-0.2, -0.15) is 0 Å². The van der Waals surface area contributed by atoms with Gasteiger partial charge < -0.3 is 14.7 Å². The number of aliphatic hydroxyl groups is 1. The predicted molar refractivity (Wildman–Crippen MR) is 91.1 cm³/mol. The standard InChI is InChI=1S/C18H24N2O4/c1-12-5-6-14(11-13(12)2)15-16(19(3)7-9-21)18(23)20(17(15)22)8-10-24-4/h5-6,11,21H,7-10H2,1-4H3. The third-order valence-electron chi connectivity index (χ3n) is 4.28. The van der Waals surface area contributed by atoms with E-state index in [9.17, 15) is 14.7 Å². The molecule has 0 saturated carbocycles. The quantitative estimate of drug-likeness (QED) is 0.753. The fraction of sp³-hybridized carbons (Fsp3) is 0.444. The number of benzene rings is 1. The summed E-state index contributed by atoms with van der Waals surface area (Å²) in [6.07, 6.45) is 0. The van der Waals surface area contributed by atoms with Crippen molar-refractivity contribution in [3.8, 4) is 0 Å². The molecule has 130 valence electrons. The Labute approximate surface area is 142 Å². The van der Waals surface area contributed by atoms with E-state index in [-0.39, 0.29) is 38.1 Å². The molecule has 1 aromatic rings. The van der Waals surface area contributed by atoms with Crippen LogP contribution in [0.15, 0.2) is 23.9 Å². The van der Waals surface area contributed by atoms with E-state index in [2.05, 4.69) is 0 Å². The zero-order valence-corrected chi connectivity index (χ0v) is 14.6. The lowest BCUT2D eigenvalue weighted by Gasteiger charge is -2.20. The highest BCUT2D eigenvalue weighted by Gasteiger charge is 2.40. The number of methoxy groups -OCH3 is 1. The average Bonchev–Trinajstić information content (AvgIpc) is 2.79. The van der Waals surface area contributed by atoms with Gasteiger partial charge in [-0.05, 0) is 30.5 Å². The Kier molecular flexibility index (Phi) is 5.75. The van der Waals surface area contributed by atoms with Crippen molar-refractivity contribution in [2.45, 2.75) is 13.8 Å². The van der Waals surface area contributed by atoms with Crippen LogP contribution in [0, 0.1) is 13.8 Å². The van der Waals surface area contributed by atoms with Crippen molar-refractivity contribution in [1.29, 1.82) is 0 Å². The summed E-state index contributed by atoms with van der Waals surface area (Å²) in [7, 11) is 3.24. The number of likely N-dealkylation sites (N-methyl/N-ethyl adjacent to an activating group) is 1. The maximum absolute atomic E-state index is 12.8. The minimum absolute atomic E-state index is 0.0975. The SMILES string of the molecule is COCCN1C(=O)C(c2ccc(C)c(C)c2)=C(N(C)CCO)C1=O. The molecule has 24 heavy (non-hydrogen) atoms. The number of carbonyl (C=O) groups excluding carboxylic acids is 2. The largest absolute Gasteiger partial charge is 0.395 e. The van der Waals surface area contributed by atoms with E-state index >= 15 is 0 Å². The fourth-order valence-corrected chi connectivity index (χ4v) is 2.72. The third kappa shape index (κ3) is 3.34. The van der Waals surface area contributed by atoms with Gasteiger partial charge in [0, 0.05) is 20.7 Å². The van der Waals surface area contributed by atoms with Crippen molar-refractivity contribution >= 4 is 17.4 Å². The minimum atomic E-state index is -0.346. The Hall–Kier alpha value is -2.18. The van der Waals surface area contributed by atoms with E-state index in [1.54, 1.807) is 11.9 Å². The summed E-state index contributed by atoms with van der Waals surface area (Å²) in [5.74, 6) is -0.665. The zero-order chi connectivity index (χ0) is 17.9. The van der Waals surface area contributed by atoms with Crippen molar-refractivity contribution in [3.63, 3.8) is 0 Å². The van der Waals surface area contributed by atoms with Gasteiger partial charge >= 0.3 is 0 Å². The molecule has 0 spiro atoms. The number of carbonyl (C=O) groups is 2. The van der Waals surface area contributed by atoms with Crippen molar-refractivity contribution in [2.75, 3.05) is 40.5 Å². The summed E-state index contributed by atoms with van der Waals surface area (Å²) in [4.78, 5) is 28.4. The molecule has 0 atom stereocenters. The third-order valence-corrected chi connectivity index (χ3v) is 4.28. The van der Waals surface area contributed by atoms with Gasteiger partial charge in [-0.3, -0.25) is 14.5 Å². The number of nitrogens with zero attached hydrogens (tertiary/aromatic N) is 2. The molecule has 2 rings (SSSR count). The molecule has 1 heterocycles. The first-order chi connectivity index (χ1) is 11.4. The van der Waals surface area contributed by atoms with E-state index in [1.165, 1.54) is 12.0 Å². The molecular formula is C18H24N2O4. The second kappa shape index (κ2) is 7.59. The van der Waals surface area contributed by atoms with Crippen LogP contribution in [0.4, 0.5) is 0 Å². The Morgan fingerprint density at radius 1 is 1.17 bits per heavy atom. The van der Waals surface area contributed by atoms with Gasteiger partial charge in [0.05, 0.1) is 25.3 Å². The summed E-state index contributed by atoms with van der Waals surface area (Å²) < 4.78 is 5.00. The Bertz CT molecular complexity index is 682. The van der Waals surface area contributed by atoms with E-state index < -0.39 is 0 Å². The van der Waals surface area contributed by atoms with E-state index in [0.717, 1.165) is 16.7 Å². The number of hydrogen-bond acceptors (Lipinski definition) is 5. The normalized spacial score (nSPS) is 14.8. The molecule has 6 nitrogen and oxygen atoms in total. The van der Waals surface area contributed by atoms with Crippen LogP contribution in [-0.2, 0) is 14.3 Å². The monoisotopic (exact) mass is 332 g/mol. The molecule has 1 N–H and O–H groups in total. The second-order valence-electron chi connectivity index (χ2n) is 5.92. The van der Waals surface area contributed by atoms with Crippen LogP contribution in [0.3, 0.4) is 0 Å². The predicted octanol–water partition coefficient (Wildman–Crippen LogP) is 0.954. The van der Waals surface area contributed by atoms with Crippen LogP contribution in [0.1, 0.15) is 16.7 Å². The van der Waals surface area contributed by atoms with Gasteiger partial charge in [0.25, 0.3) is 11.8 Å². The molecule has 1 aliphatic heterocycles. The van der Waals surface area contributed by atoms with Crippen LogP contribution in [0.25, 0.3) is 5.57 Å². The summed E-state index contributed by atoms with van der Waals surface area (Å²) in [6, 6.07) is 5.72. The highest BCUT2D eigenvalue weighted by Crippen LogP contribution is 2.31. The average molecular weight is 332 g/mol. The van der Waals surface area contributed by atoms with Crippen LogP contribution in [0.2, 0.25) is 0 Å². The van der Waals surface area contributed by atoms with Crippen molar-refractivity contribution in [2.24, 2.45) is 0 Å². The van der Waals surface area contributed by atoms with Gasteiger partial charge in [-0.25, -0.2) is 0 Å². The lowest BCUT2D eigenvalue weighted by Crippen LogP contribution is -2.37. The van der Waals surface area contributed by atoms with Crippen LogP contribution in [-0.4, -0.2) is 67.2 Å². The first-order valence-corrected chi connectivity index (χ1v) is 7.91. The molecule has 6 heteroatoms. The summed E-state index contributed by atoms with van der Waals surface area (Å²) >= 11 is 0. The van der Waals surface area contributed by atoms with Crippen LogP contribution in [0.5, 0.6) is 0 Å². The topological polar surface area (TPSA) is 70.1 Å². The second-order valence-corrected chi connectivity index (χ2v) is 5.92. The van der Waals surface area contributed by atoms with Crippen molar-refractivity contribution in [3.05, 3.63) is 40.6 Å². The van der Waals surface area contributed by atoms with E-state index in [0.29, 0.717) is 11.3 Å².